The average Bonchev–Trinajstić information content (AvgIpc) is 2.96. The molecular weight excluding hydrogens is 320 g/mol. The second kappa shape index (κ2) is 7.10. The smallest absolute Gasteiger partial charge is 0.267 e. The van der Waals surface area contributed by atoms with Crippen molar-refractivity contribution in [3.8, 4) is 0 Å². The van der Waals surface area contributed by atoms with Crippen LogP contribution < -0.4 is 0 Å². The third kappa shape index (κ3) is 4.29. The Hall–Kier alpha value is -1.93. The van der Waals surface area contributed by atoms with Gasteiger partial charge in [0.05, 0.1) is 11.3 Å². The molecule has 0 saturated carbocycles. The van der Waals surface area contributed by atoms with E-state index in [9.17, 15) is 18.0 Å². The Morgan fingerprint density at radius 3 is 2.17 bits per heavy atom. The van der Waals surface area contributed by atoms with Gasteiger partial charge >= 0.3 is 0 Å². The summed E-state index contributed by atoms with van der Waals surface area (Å²) in [5.74, 6) is -0.440. The van der Waals surface area contributed by atoms with Crippen molar-refractivity contribution in [2.45, 2.75) is 17.7 Å². The van der Waals surface area contributed by atoms with Gasteiger partial charge in [-0.2, -0.15) is 0 Å². The number of nitrogens with zero attached hydrogens (tertiary/aromatic N) is 2. The lowest BCUT2D eigenvalue weighted by molar-refractivity contribution is -0.159. The molecule has 23 heavy (non-hydrogen) atoms. The van der Waals surface area contributed by atoms with Crippen molar-refractivity contribution < 1.29 is 22.7 Å². The molecule has 8 heteroatoms. The highest BCUT2D eigenvalue weighted by atomic mass is 32.2. The summed E-state index contributed by atoms with van der Waals surface area (Å²) in [4.78, 5) is 24.5. The lowest BCUT2D eigenvalue weighted by Gasteiger charge is -2.27. The molecule has 0 unspecified atom stereocenters. The maximum Gasteiger partial charge on any atom is 0.267 e. The van der Waals surface area contributed by atoms with Crippen LogP contribution in [0.2, 0.25) is 0 Å². The zero-order valence-electron chi connectivity index (χ0n) is 13.2. The fraction of sp³-hybridized carbons (Fsp3) is 0.467. The van der Waals surface area contributed by atoms with E-state index in [0.29, 0.717) is 18.7 Å². The molecule has 1 heterocycles. The summed E-state index contributed by atoms with van der Waals surface area (Å²) in [5, 5.41) is 2.85. The van der Waals surface area contributed by atoms with Crippen molar-refractivity contribution in [1.29, 1.82) is 0 Å². The summed E-state index contributed by atoms with van der Waals surface area (Å²) in [5.41, 5.74) is 0.702. The van der Waals surface area contributed by atoms with Gasteiger partial charge in [-0.1, -0.05) is 12.1 Å². The minimum atomic E-state index is -3.25. The highest BCUT2D eigenvalue weighted by Crippen LogP contribution is 2.15. The summed E-state index contributed by atoms with van der Waals surface area (Å²) < 4.78 is 27.7. The second-order valence-electron chi connectivity index (χ2n) is 5.41. The molecule has 0 aromatic heterocycles. The quantitative estimate of drug-likeness (QED) is 0.767. The van der Waals surface area contributed by atoms with Crippen LogP contribution in [0.25, 0.3) is 0 Å². The first-order valence-electron chi connectivity index (χ1n) is 7.21. The monoisotopic (exact) mass is 340 g/mol. The molecule has 2 amide bonds. The van der Waals surface area contributed by atoms with Crippen molar-refractivity contribution in [2.24, 2.45) is 0 Å². The number of hydrazine groups is 1. The van der Waals surface area contributed by atoms with Crippen LogP contribution in [0.15, 0.2) is 29.2 Å². The number of amides is 2. The Balaban J connectivity index is 2.05. The van der Waals surface area contributed by atoms with E-state index in [1.807, 2.05) is 0 Å². The predicted octanol–water partition coefficient (Wildman–Crippen LogP) is 0.255. The van der Waals surface area contributed by atoms with Gasteiger partial charge in [0.15, 0.2) is 9.84 Å². The van der Waals surface area contributed by atoms with Gasteiger partial charge < -0.3 is 4.74 Å². The molecule has 1 aliphatic rings. The molecule has 1 aromatic carbocycles. The Bertz CT molecular complexity index is 684. The summed E-state index contributed by atoms with van der Waals surface area (Å²) in [6.45, 7) is 0.934. The lowest BCUT2D eigenvalue weighted by Crippen LogP contribution is -2.46. The van der Waals surface area contributed by atoms with Crippen LogP contribution in [0.4, 0.5) is 0 Å². The van der Waals surface area contributed by atoms with Crippen molar-refractivity contribution in [3.05, 3.63) is 29.8 Å². The maximum atomic E-state index is 12.4. The normalized spacial score (nSPS) is 15.0. The molecule has 7 nitrogen and oxygen atoms in total. The molecule has 126 valence electrons. The second-order valence-corrected chi connectivity index (χ2v) is 7.43. The van der Waals surface area contributed by atoms with Crippen LogP contribution in [-0.4, -0.2) is 63.3 Å². The SMILES string of the molecule is COCC(=O)N1CCCN1C(=O)Cc1ccc(S(C)(=O)=O)cc1. The fourth-order valence-corrected chi connectivity index (χ4v) is 3.08. The first kappa shape index (κ1) is 17.4. The third-order valence-electron chi connectivity index (χ3n) is 3.58. The summed E-state index contributed by atoms with van der Waals surface area (Å²) in [6, 6.07) is 6.20. The van der Waals surface area contributed by atoms with E-state index in [4.69, 9.17) is 4.74 Å². The molecule has 1 fully saturated rings. The number of carbonyl (C=O) groups is 2. The Morgan fingerprint density at radius 1 is 1.09 bits per heavy atom. The van der Waals surface area contributed by atoms with E-state index < -0.39 is 9.84 Å². The first-order valence-corrected chi connectivity index (χ1v) is 9.10. The van der Waals surface area contributed by atoms with E-state index in [1.54, 1.807) is 12.1 Å². The largest absolute Gasteiger partial charge is 0.375 e. The van der Waals surface area contributed by atoms with Gasteiger partial charge in [0.2, 0.25) is 5.91 Å². The molecule has 2 rings (SSSR count). The van der Waals surface area contributed by atoms with E-state index in [1.165, 1.54) is 29.3 Å². The fourth-order valence-electron chi connectivity index (χ4n) is 2.45. The number of ether oxygens (including phenoxy) is 1. The number of rotatable bonds is 5. The molecule has 0 spiro atoms. The molecule has 1 saturated heterocycles. The number of benzene rings is 1. The third-order valence-corrected chi connectivity index (χ3v) is 4.71. The molecule has 0 bridgehead atoms. The number of methoxy groups -OCH3 is 1. The minimum Gasteiger partial charge on any atom is -0.375 e. The highest BCUT2D eigenvalue weighted by Gasteiger charge is 2.30. The van der Waals surface area contributed by atoms with Crippen LogP contribution in [0.3, 0.4) is 0 Å². The van der Waals surface area contributed by atoms with Crippen LogP contribution in [0, 0.1) is 0 Å². The standard InChI is InChI=1S/C15H20N2O5S/c1-22-11-15(19)17-9-3-8-16(17)14(18)10-12-4-6-13(7-5-12)23(2,20)21/h4-7H,3,8-11H2,1-2H3. The average molecular weight is 340 g/mol. The number of carbonyl (C=O) groups excluding carboxylic acids is 2. The number of hydrogen-bond acceptors (Lipinski definition) is 5. The molecule has 1 aliphatic heterocycles. The first-order chi connectivity index (χ1) is 10.8. The van der Waals surface area contributed by atoms with E-state index >= 15 is 0 Å². The van der Waals surface area contributed by atoms with Gasteiger partial charge in [0.1, 0.15) is 6.61 Å². The Morgan fingerprint density at radius 2 is 1.65 bits per heavy atom. The van der Waals surface area contributed by atoms with Gasteiger partial charge in [-0.15, -0.1) is 0 Å². The molecule has 0 radical (unpaired) electrons. The zero-order chi connectivity index (χ0) is 17.0. The van der Waals surface area contributed by atoms with Crippen LogP contribution in [0.5, 0.6) is 0 Å². The van der Waals surface area contributed by atoms with Crippen molar-refractivity contribution in [3.63, 3.8) is 0 Å². The summed E-state index contributed by atoms with van der Waals surface area (Å²) >= 11 is 0. The topological polar surface area (TPSA) is 84.0 Å². The van der Waals surface area contributed by atoms with Crippen molar-refractivity contribution >= 4 is 21.7 Å². The van der Waals surface area contributed by atoms with E-state index in [0.717, 1.165) is 12.7 Å². The van der Waals surface area contributed by atoms with Crippen molar-refractivity contribution in [1.82, 2.24) is 10.0 Å². The molecule has 0 N–H and O–H groups in total. The van der Waals surface area contributed by atoms with Gasteiger partial charge in [-0.3, -0.25) is 14.6 Å². The molecule has 1 aromatic rings. The van der Waals surface area contributed by atoms with Crippen LogP contribution >= 0.6 is 0 Å². The maximum absolute atomic E-state index is 12.4. The van der Waals surface area contributed by atoms with E-state index in [-0.39, 0.29) is 29.7 Å². The predicted molar refractivity (Wildman–Crippen MR) is 83.2 cm³/mol. The van der Waals surface area contributed by atoms with Gasteiger partial charge in [-0.25, -0.2) is 13.4 Å². The highest BCUT2D eigenvalue weighted by molar-refractivity contribution is 7.90. The van der Waals surface area contributed by atoms with Gasteiger partial charge in [-0.05, 0) is 24.1 Å². The van der Waals surface area contributed by atoms with Crippen LogP contribution in [-0.2, 0) is 30.6 Å². The number of hydrogen-bond donors (Lipinski definition) is 0. The summed E-state index contributed by atoms with van der Waals surface area (Å²) in [6.07, 6.45) is 1.98. The van der Waals surface area contributed by atoms with Gasteiger partial charge in [0, 0.05) is 26.5 Å². The summed E-state index contributed by atoms with van der Waals surface area (Å²) in [7, 11) is -1.82. The minimum absolute atomic E-state index is 0.0627. The van der Waals surface area contributed by atoms with Gasteiger partial charge in [0.25, 0.3) is 5.91 Å². The molecular formula is C15H20N2O5S. The van der Waals surface area contributed by atoms with Crippen molar-refractivity contribution in [2.75, 3.05) is 33.1 Å². The zero-order valence-corrected chi connectivity index (χ0v) is 14.0. The Kier molecular flexibility index (Phi) is 5.38. The number of sulfone groups is 1. The molecule has 0 aliphatic carbocycles. The molecule has 0 atom stereocenters. The van der Waals surface area contributed by atoms with E-state index in [2.05, 4.69) is 0 Å². The Labute approximate surface area is 135 Å². The lowest BCUT2D eigenvalue weighted by atomic mass is 10.1. The van der Waals surface area contributed by atoms with Crippen LogP contribution in [0.1, 0.15) is 12.0 Å².